The first-order valence-electron chi connectivity index (χ1n) is 15.9. The second-order valence-electron chi connectivity index (χ2n) is 13.8. The predicted molar refractivity (Wildman–Crippen MR) is 187 cm³/mol. The van der Waals surface area contributed by atoms with E-state index in [0.29, 0.717) is 12.8 Å². The lowest BCUT2D eigenvalue weighted by Gasteiger charge is -2.34. The first-order valence-corrected chi connectivity index (χ1v) is 15.9. The minimum atomic E-state index is -0.895. The molecule has 0 aliphatic carbocycles. The van der Waals surface area contributed by atoms with Crippen molar-refractivity contribution in [2.45, 2.75) is 84.0 Å². The summed E-state index contributed by atoms with van der Waals surface area (Å²) in [5, 5.41) is 7.67. The minimum absolute atomic E-state index is 0.251. The summed E-state index contributed by atoms with van der Waals surface area (Å²) in [4.78, 5) is 56.5. The zero-order valence-electron chi connectivity index (χ0n) is 29.2. The van der Waals surface area contributed by atoms with E-state index in [4.69, 9.17) is 4.74 Å². The van der Waals surface area contributed by atoms with Gasteiger partial charge in [-0.15, -0.1) is 0 Å². The highest BCUT2D eigenvalue weighted by molar-refractivity contribution is 5.95. The quantitative estimate of drug-likeness (QED) is 0.248. The normalized spacial score (nSPS) is 13.3. The van der Waals surface area contributed by atoms with Crippen LogP contribution in [0.25, 0.3) is 10.8 Å². The van der Waals surface area contributed by atoms with Crippen LogP contribution in [0, 0.1) is 0 Å². The summed E-state index contributed by atoms with van der Waals surface area (Å²) < 4.78 is 5.40. The van der Waals surface area contributed by atoms with Gasteiger partial charge in [-0.3, -0.25) is 14.4 Å². The third kappa shape index (κ3) is 11.0. The number of ether oxygens (including phenoxy) is 1. The van der Waals surface area contributed by atoms with Crippen LogP contribution in [0.5, 0.6) is 0 Å². The lowest BCUT2D eigenvalue weighted by Crippen LogP contribution is -2.55. The highest BCUT2D eigenvalue weighted by Crippen LogP contribution is 2.22. The highest BCUT2D eigenvalue weighted by Gasteiger charge is 2.35. The summed E-state index contributed by atoms with van der Waals surface area (Å²) in [7, 11) is 4.77. The smallest absolute Gasteiger partial charge is 0.408 e. The lowest BCUT2D eigenvalue weighted by molar-refractivity contribution is -0.146. The lowest BCUT2D eigenvalue weighted by atomic mass is 9.95. The summed E-state index contributed by atoms with van der Waals surface area (Å²) in [6.45, 7) is 10.9. The van der Waals surface area contributed by atoms with Gasteiger partial charge >= 0.3 is 6.09 Å². The Labute approximate surface area is 279 Å². The van der Waals surface area contributed by atoms with Gasteiger partial charge in [-0.2, -0.15) is 0 Å². The molecule has 0 unspecified atom stereocenters. The topological polar surface area (TPSA) is 108 Å². The fraction of sp³-hybridized carbons (Fsp3) is 0.421. The van der Waals surface area contributed by atoms with Crippen LogP contribution in [-0.2, 0) is 32.0 Å². The van der Waals surface area contributed by atoms with Gasteiger partial charge in [0.1, 0.15) is 17.7 Å². The van der Waals surface area contributed by atoms with E-state index in [1.807, 2.05) is 93.6 Å². The Morgan fingerprint density at radius 1 is 0.787 bits per heavy atom. The zero-order valence-corrected chi connectivity index (χ0v) is 29.2. The van der Waals surface area contributed by atoms with Crippen molar-refractivity contribution in [2.75, 3.05) is 21.1 Å². The average Bonchev–Trinajstić information content (AvgIpc) is 2.99. The van der Waals surface area contributed by atoms with Gasteiger partial charge in [0.05, 0.1) is 0 Å². The molecule has 0 heterocycles. The molecule has 2 atom stereocenters. The molecule has 0 fully saturated rings. The Bertz CT molecular complexity index is 1590. The number of fused-ring (bicyclic) bond motifs is 1. The number of carbonyl (C=O) groups is 4. The predicted octanol–water partition coefficient (Wildman–Crippen LogP) is 5.66. The van der Waals surface area contributed by atoms with E-state index in [0.717, 1.165) is 27.5 Å². The highest BCUT2D eigenvalue weighted by atomic mass is 16.6. The number of likely N-dealkylation sites (N-methyl/N-ethyl adjacent to an activating group) is 3. The first-order chi connectivity index (χ1) is 22.0. The molecule has 0 bridgehead atoms. The van der Waals surface area contributed by atoms with Crippen LogP contribution in [0.4, 0.5) is 4.79 Å². The van der Waals surface area contributed by atoms with Gasteiger partial charge in [0.2, 0.25) is 17.7 Å². The van der Waals surface area contributed by atoms with Crippen LogP contribution in [0.3, 0.4) is 0 Å². The molecule has 4 amide bonds. The van der Waals surface area contributed by atoms with Crippen molar-refractivity contribution >= 4 is 34.6 Å². The van der Waals surface area contributed by atoms with Gasteiger partial charge < -0.3 is 25.2 Å². The van der Waals surface area contributed by atoms with Crippen molar-refractivity contribution in [1.82, 2.24) is 20.4 Å². The third-order valence-corrected chi connectivity index (χ3v) is 7.91. The molecule has 47 heavy (non-hydrogen) atoms. The maximum Gasteiger partial charge on any atom is 0.408 e. The Kier molecular flexibility index (Phi) is 12.3. The second-order valence-corrected chi connectivity index (χ2v) is 13.8. The molecule has 0 radical (unpaired) electrons. The molecule has 0 aliphatic rings. The number of hydrogen-bond acceptors (Lipinski definition) is 5. The molecule has 0 saturated heterocycles. The van der Waals surface area contributed by atoms with Crippen molar-refractivity contribution in [3.8, 4) is 0 Å². The molecule has 9 heteroatoms. The number of alkyl carbamates (subject to hydrolysis) is 1. The maximum atomic E-state index is 14.3. The number of nitrogens with zero attached hydrogens (tertiary/aromatic N) is 2. The van der Waals surface area contributed by atoms with Crippen LogP contribution in [0.1, 0.15) is 59.1 Å². The summed E-state index contributed by atoms with van der Waals surface area (Å²) in [6, 6.07) is 21.8. The second kappa shape index (κ2) is 15.8. The number of nitrogens with one attached hydrogen (secondary N) is 2. The Balaban J connectivity index is 1.91. The number of rotatable bonds is 12. The van der Waals surface area contributed by atoms with Gasteiger partial charge in [0, 0.05) is 45.6 Å². The summed E-state index contributed by atoms with van der Waals surface area (Å²) >= 11 is 0. The molecule has 2 N–H and O–H groups in total. The van der Waals surface area contributed by atoms with E-state index in [1.54, 1.807) is 41.9 Å². The van der Waals surface area contributed by atoms with E-state index in [2.05, 4.69) is 10.6 Å². The molecule has 3 aromatic rings. The van der Waals surface area contributed by atoms with Gasteiger partial charge in [-0.1, -0.05) is 78.4 Å². The van der Waals surface area contributed by atoms with Crippen molar-refractivity contribution in [3.05, 3.63) is 95.6 Å². The van der Waals surface area contributed by atoms with Crippen molar-refractivity contribution in [2.24, 2.45) is 0 Å². The van der Waals surface area contributed by atoms with Crippen LogP contribution in [0.15, 0.2) is 84.4 Å². The molecule has 0 saturated carbocycles. The largest absolute Gasteiger partial charge is 0.444 e. The number of benzene rings is 3. The number of amides is 4. The first kappa shape index (κ1) is 36.8. The molecule has 0 spiro atoms. The van der Waals surface area contributed by atoms with Gasteiger partial charge in [-0.05, 0) is 69.9 Å². The summed E-state index contributed by atoms with van der Waals surface area (Å²) in [5.74, 6) is -1.00. The molecular weight excluding hydrogens is 592 g/mol. The van der Waals surface area contributed by atoms with Crippen molar-refractivity contribution < 1.29 is 23.9 Å². The zero-order chi connectivity index (χ0) is 34.9. The standard InChI is InChI=1S/C38H50N4O5/c1-26(25-38(5,6)40-36(46)47-37(2,3)4)21-33(43)41(8)32(24-28-19-20-29-17-13-14-18-30(29)22-28)35(45)42(9)31(34(44)39-7)23-27-15-11-10-12-16-27/h10-22,31-32H,23-25H2,1-9H3,(H,39,44)(H,40,46)/b26-21+/t31-,32-/m1/s1. The fourth-order valence-electron chi connectivity index (χ4n) is 5.62. The van der Waals surface area contributed by atoms with E-state index in [9.17, 15) is 19.2 Å². The van der Waals surface area contributed by atoms with Crippen molar-refractivity contribution in [1.29, 1.82) is 0 Å². The molecule has 0 aromatic heterocycles. The minimum Gasteiger partial charge on any atom is -0.444 e. The van der Waals surface area contributed by atoms with Crippen LogP contribution in [-0.4, -0.2) is 78.0 Å². The Morgan fingerprint density at radius 3 is 2.00 bits per heavy atom. The SMILES string of the molecule is CNC(=O)[C@@H](Cc1ccccc1)N(C)C(=O)[C@@H](Cc1ccc2ccccc2c1)N(C)C(=O)/C=C(\C)CC(C)(C)NC(=O)OC(C)(C)C. The Hall–Kier alpha value is -4.66. The number of hydrogen-bond donors (Lipinski definition) is 2. The van der Waals surface area contributed by atoms with Gasteiger partial charge in [0.15, 0.2) is 0 Å². The van der Waals surface area contributed by atoms with Gasteiger partial charge in [0.25, 0.3) is 0 Å². The van der Waals surface area contributed by atoms with Crippen molar-refractivity contribution in [3.63, 3.8) is 0 Å². The molecule has 9 nitrogen and oxygen atoms in total. The monoisotopic (exact) mass is 642 g/mol. The Morgan fingerprint density at radius 2 is 1.38 bits per heavy atom. The van der Waals surface area contributed by atoms with E-state index in [-0.39, 0.29) is 24.1 Å². The van der Waals surface area contributed by atoms with E-state index >= 15 is 0 Å². The molecular formula is C38H50N4O5. The molecule has 0 aliphatic heterocycles. The maximum absolute atomic E-state index is 14.3. The summed E-state index contributed by atoms with van der Waals surface area (Å²) in [6.07, 6.45) is 1.91. The summed E-state index contributed by atoms with van der Waals surface area (Å²) in [5.41, 5.74) is 1.19. The van der Waals surface area contributed by atoms with Crippen LogP contribution < -0.4 is 10.6 Å². The number of carbonyl (C=O) groups excluding carboxylic acids is 4. The molecule has 3 rings (SSSR count). The van der Waals surface area contributed by atoms with E-state index < -0.39 is 29.3 Å². The molecule has 3 aromatic carbocycles. The molecule has 252 valence electrons. The van der Waals surface area contributed by atoms with Crippen LogP contribution in [0.2, 0.25) is 0 Å². The van der Waals surface area contributed by atoms with Gasteiger partial charge in [-0.25, -0.2) is 4.79 Å². The van der Waals surface area contributed by atoms with E-state index in [1.165, 1.54) is 15.9 Å². The third-order valence-electron chi connectivity index (χ3n) is 7.91. The average molecular weight is 643 g/mol. The van der Waals surface area contributed by atoms with Crippen LogP contribution >= 0.6 is 0 Å². The fourth-order valence-corrected chi connectivity index (χ4v) is 5.62.